The largest absolute Gasteiger partial charge is 0.378 e. The molecule has 3 heterocycles. The van der Waals surface area contributed by atoms with Crippen molar-refractivity contribution in [3.8, 4) is 0 Å². The third-order valence-electron chi connectivity index (χ3n) is 5.91. The molecule has 29 heavy (non-hydrogen) atoms. The molecule has 3 aliphatic rings. The average Bonchev–Trinajstić information content (AvgIpc) is 3.40. The van der Waals surface area contributed by atoms with E-state index in [1.807, 2.05) is 21.7 Å². The monoisotopic (exact) mass is 388 g/mol. The van der Waals surface area contributed by atoms with E-state index in [0.29, 0.717) is 19.1 Å². The highest BCUT2D eigenvalue weighted by Gasteiger charge is 2.30. The van der Waals surface area contributed by atoms with Crippen LogP contribution in [-0.4, -0.2) is 46.4 Å². The number of fused-ring (bicyclic) bond motifs is 3. The highest BCUT2D eigenvalue weighted by molar-refractivity contribution is 6.06. The van der Waals surface area contributed by atoms with Crippen LogP contribution in [0.3, 0.4) is 0 Å². The van der Waals surface area contributed by atoms with Gasteiger partial charge in [0.25, 0.3) is 0 Å². The molecule has 1 unspecified atom stereocenters. The molecular formula is C23H24N4O2. The number of hydrogen-bond donors (Lipinski definition) is 0. The second-order valence-corrected chi connectivity index (χ2v) is 7.69. The summed E-state index contributed by atoms with van der Waals surface area (Å²) in [7, 11) is 1.65. The fourth-order valence-electron chi connectivity index (χ4n) is 4.54. The van der Waals surface area contributed by atoms with Gasteiger partial charge >= 0.3 is 0 Å². The van der Waals surface area contributed by atoms with Gasteiger partial charge in [0, 0.05) is 37.4 Å². The lowest BCUT2D eigenvalue weighted by Gasteiger charge is -2.32. The van der Waals surface area contributed by atoms with Crippen LogP contribution in [0.4, 0.5) is 0 Å². The molecule has 5 rings (SSSR count). The molecule has 1 aromatic carbocycles. The number of carbonyl (C=O) groups excluding carboxylic acids is 1. The van der Waals surface area contributed by atoms with Crippen molar-refractivity contribution in [3.05, 3.63) is 71.3 Å². The van der Waals surface area contributed by atoms with Gasteiger partial charge in [-0.15, -0.1) is 0 Å². The fourth-order valence-corrected chi connectivity index (χ4v) is 4.54. The van der Waals surface area contributed by atoms with Crippen molar-refractivity contribution >= 4 is 17.4 Å². The molecule has 1 atom stereocenters. The molecule has 1 aliphatic carbocycles. The fraction of sp³-hybridized carbons (Fsp3) is 0.348. The molecule has 0 saturated carbocycles. The third-order valence-corrected chi connectivity index (χ3v) is 5.91. The molecule has 0 N–H and O–H groups in total. The van der Waals surface area contributed by atoms with E-state index in [0.717, 1.165) is 35.6 Å². The van der Waals surface area contributed by atoms with Crippen LogP contribution in [0.2, 0.25) is 0 Å². The molecule has 6 heteroatoms. The number of aromatic nitrogens is 2. The maximum Gasteiger partial charge on any atom is 0.248 e. The van der Waals surface area contributed by atoms with Crippen LogP contribution in [0.5, 0.6) is 0 Å². The SMILES string of the molecule is COCc1cn(C2=NCC(=O)N3CCc4c(cccc4C4C=CCC4)C3=C2)cn1. The van der Waals surface area contributed by atoms with Crippen molar-refractivity contribution in [2.24, 2.45) is 4.99 Å². The Hall–Kier alpha value is -2.99. The third kappa shape index (κ3) is 3.23. The van der Waals surface area contributed by atoms with Crippen molar-refractivity contribution in [2.75, 3.05) is 20.2 Å². The molecule has 0 saturated heterocycles. The van der Waals surface area contributed by atoms with E-state index in [1.165, 1.54) is 17.5 Å². The van der Waals surface area contributed by atoms with Gasteiger partial charge in [-0.2, -0.15) is 0 Å². The number of methoxy groups -OCH3 is 1. The molecule has 0 bridgehead atoms. The smallest absolute Gasteiger partial charge is 0.248 e. The van der Waals surface area contributed by atoms with Gasteiger partial charge < -0.3 is 9.64 Å². The van der Waals surface area contributed by atoms with E-state index in [4.69, 9.17) is 4.74 Å². The molecule has 2 aliphatic heterocycles. The number of amides is 1. The summed E-state index contributed by atoms with van der Waals surface area (Å²) < 4.78 is 7.04. The van der Waals surface area contributed by atoms with Crippen LogP contribution in [0.15, 0.2) is 53.9 Å². The summed E-state index contributed by atoms with van der Waals surface area (Å²) >= 11 is 0. The van der Waals surface area contributed by atoms with Crippen molar-refractivity contribution < 1.29 is 9.53 Å². The first-order valence-corrected chi connectivity index (χ1v) is 10.1. The Morgan fingerprint density at radius 2 is 2.24 bits per heavy atom. The summed E-state index contributed by atoms with van der Waals surface area (Å²) in [6, 6.07) is 6.50. The van der Waals surface area contributed by atoms with Crippen molar-refractivity contribution in [1.29, 1.82) is 0 Å². The number of imidazole rings is 1. The number of carbonyl (C=O) groups is 1. The van der Waals surface area contributed by atoms with Gasteiger partial charge in [-0.05, 0) is 30.4 Å². The Labute approximate surface area is 170 Å². The van der Waals surface area contributed by atoms with Crippen LogP contribution >= 0.6 is 0 Å². The second kappa shape index (κ2) is 7.44. The first kappa shape index (κ1) is 18.1. The maximum atomic E-state index is 12.8. The second-order valence-electron chi connectivity index (χ2n) is 7.69. The molecule has 2 aromatic rings. The number of allylic oxidation sites excluding steroid dienone is 3. The number of aliphatic imine (C=N–C) groups is 1. The topological polar surface area (TPSA) is 59.7 Å². The summed E-state index contributed by atoms with van der Waals surface area (Å²) in [5.41, 5.74) is 5.69. The minimum Gasteiger partial charge on any atom is -0.378 e. The summed E-state index contributed by atoms with van der Waals surface area (Å²) in [5.74, 6) is 1.25. The Kier molecular flexibility index (Phi) is 4.64. The predicted molar refractivity (Wildman–Crippen MR) is 112 cm³/mol. The zero-order valence-electron chi connectivity index (χ0n) is 16.5. The predicted octanol–water partition coefficient (Wildman–Crippen LogP) is 3.15. The molecule has 1 amide bonds. The molecule has 0 radical (unpaired) electrons. The molecule has 0 fully saturated rings. The number of benzene rings is 1. The molecule has 1 aromatic heterocycles. The van der Waals surface area contributed by atoms with E-state index < -0.39 is 0 Å². The summed E-state index contributed by atoms with van der Waals surface area (Å²) in [6.07, 6.45) is 13.5. The van der Waals surface area contributed by atoms with Crippen LogP contribution in [0.25, 0.3) is 5.70 Å². The van der Waals surface area contributed by atoms with Crippen LogP contribution < -0.4 is 0 Å². The van der Waals surface area contributed by atoms with Gasteiger partial charge in [-0.25, -0.2) is 4.98 Å². The average molecular weight is 388 g/mol. The van der Waals surface area contributed by atoms with E-state index in [1.54, 1.807) is 13.4 Å². The summed E-state index contributed by atoms with van der Waals surface area (Å²) in [6.45, 7) is 1.29. The van der Waals surface area contributed by atoms with Gasteiger partial charge in [0.1, 0.15) is 18.7 Å². The highest BCUT2D eigenvalue weighted by atomic mass is 16.5. The van der Waals surface area contributed by atoms with Gasteiger partial charge in [0.2, 0.25) is 5.91 Å². The van der Waals surface area contributed by atoms with Gasteiger partial charge in [-0.3, -0.25) is 14.4 Å². The minimum atomic E-state index is 0.0419. The lowest BCUT2D eigenvalue weighted by Crippen LogP contribution is -2.36. The zero-order chi connectivity index (χ0) is 19.8. The van der Waals surface area contributed by atoms with E-state index in [9.17, 15) is 4.79 Å². The number of nitrogens with zero attached hydrogens (tertiary/aromatic N) is 4. The number of rotatable bonds is 3. The molecule has 6 nitrogen and oxygen atoms in total. The van der Waals surface area contributed by atoms with Crippen LogP contribution in [0, 0.1) is 0 Å². The Bertz CT molecular complexity index is 1050. The summed E-state index contributed by atoms with van der Waals surface area (Å²) in [5, 5.41) is 0. The standard InChI is InChI=1S/C23H24N4O2/c1-29-14-17-13-26(15-25-17)22-11-21-20-8-4-7-18(16-5-2-3-6-16)19(20)9-10-27(21)23(28)12-24-22/h2,4-5,7-8,11,13,15-16H,3,6,9-10,12,14H2,1H3. The first-order chi connectivity index (χ1) is 14.2. The van der Waals surface area contributed by atoms with Crippen molar-refractivity contribution in [1.82, 2.24) is 14.5 Å². The van der Waals surface area contributed by atoms with Crippen LogP contribution in [-0.2, 0) is 22.6 Å². The van der Waals surface area contributed by atoms with Crippen LogP contribution in [0.1, 0.15) is 41.1 Å². The van der Waals surface area contributed by atoms with Gasteiger partial charge in [0.05, 0.1) is 18.0 Å². The number of hydrogen-bond acceptors (Lipinski definition) is 4. The normalized spacial score (nSPS) is 20.8. The molecular weight excluding hydrogens is 364 g/mol. The van der Waals surface area contributed by atoms with Crippen molar-refractivity contribution in [3.63, 3.8) is 0 Å². The zero-order valence-corrected chi connectivity index (χ0v) is 16.5. The minimum absolute atomic E-state index is 0.0419. The lowest BCUT2D eigenvalue weighted by atomic mass is 9.85. The molecule has 148 valence electrons. The Morgan fingerprint density at radius 1 is 1.31 bits per heavy atom. The lowest BCUT2D eigenvalue weighted by molar-refractivity contribution is -0.126. The highest BCUT2D eigenvalue weighted by Crippen LogP contribution is 2.38. The first-order valence-electron chi connectivity index (χ1n) is 10.1. The van der Waals surface area contributed by atoms with Gasteiger partial charge in [0.15, 0.2) is 0 Å². The molecule has 0 spiro atoms. The Morgan fingerprint density at radius 3 is 3.07 bits per heavy atom. The maximum absolute atomic E-state index is 12.8. The van der Waals surface area contributed by atoms with Crippen molar-refractivity contribution in [2.45, 2.75) is 31.8 Å². The van der Waals surface area contributed by atoms with E-state index >= 15 is 0 Å². The van der Waals surface area contributed by atoms with E-state index in [-0.39, 0.29) is 12.5 Å². The summed E-state index contributed by atoms with van der Waals surface area (Å²) in [4.78, 5) is 23.6. The van der Waals surface area contributed by atoms with E-state index in [2.05, 4.69) is 40.3 Å². The Balaban J connectivity index is 1.58. The van der Waals surface area contributed by atoms with Gasteiger partial charge in [-0.1, -0.05) is 30.4 Å². The number of ether oxygens (including phenoxy) is 1. The quantitative estimate of drug-likeness (QED) is 0.759.